The van der Waals surface area contributed by atoms with Gasteiger partial charge in [0.05, 0.1) is 0 Å². The van der Waals surface area contributed by atoms with Crippen LogP contribution in [0.15, 0.2) is 16.6 Å². The number of hydrogen-bond acceptors (Lipinski definition) is 2. The van der Waals surface area contributed by atoms with Crippen LogP contribution in [0.25, 0.3) is 0 Å². The van der Waals surface area contributed by atoms with E-state index in [2.05, 4.69) is 15.9 Å². The van der Waals surface area contributed by atoms with Gasteiger partial charge in [-0.2, -0.15) is 0 Å². The van der Waals surface area contributed by atoms with Crippen LogP contribution in [0, 0.1) is 5.82 Å². The van der Waals surface area contributed by atoms with Crippen molar-refractivity contribution in [1.82, 2.24) is 0 Å². The Morgan fingerprint density at radius 3 is 3.00 bits per heavy atom. The van der Waals surface area contributed by atoms with Crippen LogP contribution in [0.5, 0.6) is 5.75 Å². The number of benzene rings is 1. The summed E-state index contributed by atoms with van der Waals surface area (Å²) in [5.41, 5.74) is 0.509. The lowest BCUT2D eigenvalue weighted by atomic mass is 10.1. The van der Waals surface area contributed by atoms with Crippen LogP contribution in [-0.2, 0) is 0 Å². The van der Waals surface area contributed by atoms with Gasteiger partial charge in [-0.3, -0.25) is 0 Å². The Kier molecular flexibility index (Phi) is 1.81. The predicted octanol–water partition coefficient (Wildman–Crippen LogP) is 2.01. The number of halogens is 2. The highest BCUT2D eigenvalue weighted by molar-refractivity contribution is 9.10. The summed E-state index contributed by atoms with van der Waals surface area (Å²) in [5, 5.41) is 9.36. The van der Waals surface area contributed by atoms with Gasteiger partial charge in [0.2, 0.25) is 0 Å². The maximum absolute atomic E-state index is 13.0. The van der Waals surface area contributed by atoms with Gasteiger partial charge in [-0.15, -0.1) is 0 Å². The molecule has 0 fully saturated rings. The molecule has 0 saturated heterocycles. The van der Waals surface area contributed by atoms with Gasteiger partial charge >= 0.3 is 0 Å². The number of ether oxygens (including phenoxy) is 1. The summed E-state index contributed by atoms with van der Waals surface area (Å²) in [7, 11) is 0. The Morgan fingerprint density at radius 2 is 2.33 bits per heavy atom. The molecule has 0 aromatic heterocycles. The molecule has 0 radical (unpaired) electrons. The van der Waals surface area contributed by atoms with Crippen molar-refractivity contribution in [3.8, 4) is 5.75 Å². The summed E-state index contributed by atoms with van der Waals surface area (Å²) in [5.74, 6) is -0.262. The summed E-state index contributed by atoms with van der Waals surface area (Å²) in [4.78, 5) is 0. The molecule has 1 unspecified atom stereocenters. The second-order valence-electron chi connectivity index (χ2n) is 2.60. The van der Waals surface area contributed by atoms with Gasteiger partial charge < -0.3 is 9.84 Å². The molecule has 1 aliphatic rings. The number of rotatable bonds is 0. The molecule has 64 valence electrons. The zero-order valence-corrected chi connectivity index (χ0v) is 7.64. The lowest BCUT2D eigenvalue weighted by Gasteiger charge is -2.02. The van der Waals surface area contributed by atoms with Crippen molar-refractivity contribution < 1.29 is 14.2 Å². The van der Waals surface area contributed by atoms with Gasteiger partial charge in [0.15, 0.2) is 11.6 Å². The molecule has 12 heavy (non-hydrogen) atoms. The molecular formula is C8H6BrFO2. The molecule has 1 N–H and O–H groups in total. The molecular weight excluding hydrogens is 227 g/mol. The van der Waals surface area contributed by atoms with Crippen LogP contribution < -0.4 is 4.74 Å². The molecule has 0 bridgehead atoms. The van der Waals surface area contributed by atoms with Gasteiger partial charge in [-0.05, 0) is 12.1 Å². The Morgan fingerprint density at radius 1 is 1.58 bits per heavy atom. The molecule has 2 rings (SSSR count). The van der Waals surface area contributed by atoms with E-state index in [9.17, 15) is 9.50 Å². The molecule has 1 aliphatic heterocycles. The maximum atomic E-state index is 13.0. The second kappa shape index (κ2) is 2.71. The summed E-state index contributed by atoms with van der Waals surface area (Å²) in [6.45, 7) is 0.134. The zero-order valence-electron chi connectivity index (χ0n) is 6.05. The third-order valence-corrected chi connectivity index (χ3v) is 2.51. The predicted molar refractivity (Wildman–Crippen MR) is 44.6 cm³/mol. The molecule has 1 aromatic carbocycles. The third-order valence-electron chi connectivity index (χ3n) is 1.81. The average Bonchev–Trinajstić information content (AvgIpc) is 2.42. The monoisotopic (exact) mass is 232 g/mol. The third kappa shape index (κ3) is 1.03. The second-order valence-corrected chi connectivity index (χ2v) is 3.45. The topological polar surface area (TPSA) is 29.5 Å². The molecule has 0 aliphatic carbocycles. The number of aliphatic hydroxyl groups excluding tert-OH is 1. The Balaban J connectivity index is 2.64. The highest BCUT2D eigenvalue weighted by Gasteiger charge is 2.27. The average molecular weight is 233 g/mol. The molecule has 1 aromatic rings. The van der Waals surface area contributed by atoms with Gasteiger partial charge in [-0.25, -0.2) is 4.39 Å². The summed E-state index contributed by atoms with van der Waals surface area (Å²) >= 11 is 3.22. The number of aliphatic hydroxyl groups is 1. The van der Waals surface area contributed by atoms with Crippen LogP contribution in [0.3, 0.4) is 0 Å². The van der Waals surface area contributed by atoms with Crippen LogP contribution in [0.4, 0.5) is 4.39 Å². The quantitative estimate of drug-likeness (QED) is 0.742. The maximum Gasteiger partial charge on any atom is 0.165 e. The normalized spacial score (nSPS) is 20.4. The van der Waals surface area contributed by atoms with E-state index in [0.29, 0.717) is 10.0 Å². The standard InChI is InChI=1S/C8H6BrFO2/c9-4-1-2-5(10)8-7(4)6(11)3-12-8/h1-2,6,11H,3H2. The van der Waals surface area contributed by atoms with Crippen molar-refractivity contribution in [2.24, 2.45) is 0 Å². The van der Waals surface area contributed by atoms with Gasteiger partial charge in [-0.1, -0.05) is 15.9 Å². The van der Waals surface area contributed by atoms with E-state index in [1.807, 2.05) is 0 Å². The first-order valence-corrected chi connectivity index (χ1v) is 4.28. The van der Waals surface area contributed by atoms with Gasteiger partial charge in [0.1, 0.15) is 12.7 Å². The van der Waals surface area contributed by atoms with Crippen molar-refractivity contribution in [2.45, 2.75) is 6.10 Å². The number of hydrogen-bond donors (Lipinski definition) is 1. The fraction of sp³-hybridized carbons (Fsp3) is 0.250. The Labute approximate surface area is 77.1 Å². The van der Waals surface area contributed by atoms with Crippen molar-refractivity contribution in [3.63, 3.8) is 0 Å². The molecule has 2 nitrogen and oxygen atoms in total. The van der Waals surface area contributed by atoms with Crippen LogP contribution in [0.2, 0.25) is 0 Å². The van der Waals surface area contributed by atoms with Gasteiger partial charge in [0, 0.05) is 10.0 Å². The van der Waals surface area contributed by atoms with Crippen molar-refractivity contribution in [2.75, 3.05) is 6.61 Å². The largest absolute Gasteiger partial charge is 0.487 e. The lowest BCUT2D eigenvalue weighted by molar-refractivity contribution is 0.139. The summed E-state index contributed by atoms with van der Waals surface area (Å²) < 4.78 is 18.6. The van der Waals surface area contributed by atoms with E-state index in [1.54, 1.807) is 6.07 Å². The minimum absolute atomic E-state index is 0.134. The molecule has 0 saturated carbocycles. The van der Waals surface area contributed by atoms with E-state index in [-0.39, 0.29) is 12.4 Å². The fourth-order valence-electron chi connectivity index (χ4n) is 1.25. The van der Waals surface area contributed by atoms with Crippen molar-refractivity contribution in [3.05, 3.63) is 28.0 Å². The molecule has 0 amide bonds. The lowest BCUT2D eigenvalue weighted by Crippen LogP contribution is -1.97. The van der Waals surface area contributed by atoms with E-state index in [1.165, 1.54) is 6.07 Å². The van der Waals surface area contributed by atoms with E-state index in [4.69, 9.17) is 4.74 Å². The fourth-order valence-corrected chi connectivity index (χ4v) is 1.83. The van der Waals surface area contributed by atoms with E-state index >= 15 is 0 Å². The first-order chi connectivity index (χ1) is 5.70. The zero-order chi connectivity index (χ0) is 8.72. The minimum atomic E-state index is -0.718. The smallest absolute Gasteiger partial charge is 0.165 e. The molecule has 1 heterocycles. The Bertz CT molecular complexity index is 327. The number of fused-ring (bicyclic) bond motifs is 1. The van der Waals surface area contributed by atoms with Gasteiger partial charge in [0.25, 0.3) is 0 Å². The van der Waals surface area contributed by atoms with Crippen LogP contribution >= 0.6 is 15.9 Å². The van der Waals surface area contributed by atoms with Crippen molar-refractivity contribution in [1.29, 1.82) is 0 Å². The highest BCUT2D eigenvalue weighted by atomic mass is 79.9. The van der Waals surface area contributed by atoms with Crippen LogP contribution in [-0.4, -0.2) is 11.7 Å². The van der Waals surface area contributed by atoms with Crippen molar-refractivity contribution >= 4 is 15.9 Å². The van der Waals surface area contributed by atoms with E-state index in [0.717, 1.165) is 0 Å². The minimum Gasteiger partial charge on any atom is -0.487 e. The van der Waals surface area contributed by atoms with E-state index < -0.39 is 11.9 Å². The first kappa shape index (κ1) is 8.01. The first-order valence-electron chi connectivity index (χ1n) is 3.49. The molecule has 0 spiro atoms. The highest BCUT2D eigenvalue weighted by Crippen LogP contribution is 2.39. The summed E-state index contributed by atoms with van der Waals surface area (Å²) in [6, 6.07) is 2.87. The SMILES string of the molecule is OC1COc2c(F)ccc(Br)c21. The summed E-state index contributed by atoms with van der Waals surface area (Å²) in [6.07, 6.45) is -0.718. The Hall–Kier alpha value is -0.610. The van der Waals surface area contributed by atoms with Crippen LogP contribution in [0.1, 0.15) is 11.7 Å². The molecule has 4 heteroatoms. The molecule has 1 atom stereocenters.